The summed E-state index contributed by atoms with van der Waals surface area (Å²) in [5.74, 6) is -1.47. The number of nitro groups is 1. The monoisotopic (exact) mass is 269 g/mol. The Morgan fingerprint density at radius 2 is 2.32 bits per heavy atom. The van der Waals surface area contributed by atoms with Crippen LogP contribution in [0.25, 0.3) is 0 Å². The number of carbonyl (C=O) groups excluding carboxylic acids is 1. The van der Waals surface area contributed by atoms with Gasteiger partial charge in [-0.3, -0.25) is 14.9 Å². The van der Waals surface area contributed by atoms with Crippen molar-refractivity contribution in [3.05, 3.63) is 34.1 Å². The van der Waals surface area contributed by atoms with Crippen molar-refractivity contribution in [3.63, 3.8) is 0 Å². The van der Waals surface area contributed by atoms with Crippen LogP contribution in [-0.2, 0) is 9.53 Å². The highest BCUT2D eigenvalue weighted by Crippen LogP contribution is 2.23. The average Bonchev–Trinajstić information content (AvgIpc) is 2.79. The van der Waals surface area contributed by atoms with Gasteiger partial charge in [0.05, 0.1) is 11.5 Å². The van der Waals surface area contributed by atoms with Crippen LogP contribution in [0.2, 0.25) is 0 Å². The fourth-order valence-corrected chi connectivity index (χ4v) is 1.75. The average molecular weight is 269 g/mol. The summed E-state index contributed by atoms with van der Waals surface area (Å²) >= 11 is 0. The summed E-state index contributed by atoms with van der Waals surface area (Å²) in [5.41, 5.74) is 4.10. The molecule has 102 valence electrons. The predicted molar refractivity (Wildman–Crippen MR) is 64.0 cm³/mol. The van der Waals surface area contributed by atoms with Crippen molar-refractivity contribution in [2.75, 3.05) is 18.5 Å². The molecule has 1 unspecified atom stereocenters. The maximum atomic E-state index is 13.1. The molecule has 7 nitrogen and oxygen atoms in total. The first-order chi connectivity index (χ1) is 8.92. The molecule has 8 heteroatoms. The minimum atomic E-state index is -1.15. The zero-order valence-electron chi connectivity index (χ0n) is 9.89. The van der Waals surface area contributed by atoms with Gasteiger partial charge in [0.1, 0.15) is 5.54 Å². The van der Waals surface area contributed by atoms with Crippen molar-refractivity contribution in [2.24, 2.45) is 5.73 Å². The molecular formula is C11H12FN3O4. The minimum Gasteiger partial charge on any atom is -0.379 e. The lowest BCUT2D eigenvalue weighted by Crippen LogP contribution is -2.51. The number of nitro benzene ring substituents is 1. The first-order valence-corrected chi connectivity index (χ1v) is 5.54. The minimum absolute atomic E-state index is 0.0854. The van der Waals surface area contributed by atoms with Crippen LogP contribution in [0.3, 0.4) is 0 Å². The lowest BCUT2D eigenvalue weighted by atomic mass is 9.99. The van der Waals surface area contributed by atoms with E-state index in [0.717, 1.165) is 12.1 Å². The van der Waals surface area contributed by atoms with E-state index in [1.807, 2.05) is 0 Å². The summed E-state index contributed by atoms with van der Waals surface area (Å²) < 4.78 is 18.2. The molecule has 1 aliphatic heterocycles. The van der Waals surface area contributed by atoms with Crippen molar-refractivity contribution in [1.82, 2.24) is 0 Å². The van der Waals surface area contributed by atoms with Crippen LogP contribution in [-0.4, -0.2) is 29.6 Å². The van der Waals surface area contributed by atoms with Gasteiger partial charge in [0.15, 0.2) is 0 Å². The van der Waals surface area contributed by atoms with Crippen LogP contribution in [0.15, 0.2) is 18.2 Å². The number of ether oxygens (including phenoxy) is 1. The third-order valence-electron chi connectivity index (χ3n) is 2.91. The molecule has 1 aromatic rings. The fourth-order valence-electron chi connectivity index (χ4n) is 1.75. The van der Waals surface area contributed by atoms with Gasteiger partial charge in [0.25, 0.3) is 0 Å². The molecule has 0 saturated carbocycles. The van der Waals surface area contributed by atoms with E-state index in [1.54, 1.807) is 0 Å². The molecule has 0 bridgehead atoms. The first kappa shape index (κ1) is 13.4. The Balaban J connectivity index is 2.17. The second-order valence-electron chi connectivity index (χ2n) is 4.34. The number of nitrogens with two attached hydrogens (primary N) is 1. The number of hydrogen-bond donors (Lipinski definition) is 2. The molecule has 2 rings (SSSR count). The van der Waals surface area contributed by atoms with E-state index in [-0.39, 0.29) is 12.3 Å². The number of rotatable bonds is 3. The second-order valence-corrected chi connectivity index (χ2v) is 4.34. The number of halogens is 1. The Morgan fingerprint density at radius 1 is 1.58 bits per heavy atom. The van der Waals surface area contributed by atoms with Gasteiger partial charge in [-0.05, 0) is 18.6 Å². The van der Waals surface area contributed by atoms with Crippen LogP contribution >= 0.6 is 0 Å². The summed E-state index contributed by atoms with van der Waals surface area (Å²) in [6.07, 6.45) is 0.363. The Bertz CT molecular complexity index is 529. The molecule has 1 aromatic carbocycles. The van der Waals surface area contributed by atoms with E-state index in [2.05, 4.69) is 5.32 Å². The van der Waals surface area contributed by atoms with Crippen molar-refractivity contribution in [3.8, 4) is 0 Å². The smallest absolute Gasteiger partial charge is 0.306 e. The predicted octanol–water partition coefficient (Wildman–Crippen LogP) is 0.790. The molecule has 0 spiro atoms. The highest BCUT2D eigenvalue weighted by Gasteiger charge is 2.38. The number of hydrogen-bond acceptors (Lipinski definition) is 5. The van der Waals surface area contributed by atoms with Gasteiger partial charge in [-0.15, -0.1) is 0 Å². The number of nitrogens with one attached hydrogen (secondary N) is 1. The highest BCUT2D eigenvalue weighted by atomic mass is 19.1. The van der Waals surface area contributed by atoms with Crippen molar-refractivity contribution < 1.29 is 18.8 Å². The van der Waals surface area contributed by atoms with Gasteiger partial charge >= 0.3 is 5.69 Å². The van der Waals surface area contributed by atoms with E-state index < -0.39 is 27.9 Å². The van der Waals surface area contributed by atoms with Gasteiger partial charge < -0.3 is 15.8 Å². The third-order valence-corrected chi connectivity index (χ3v) is 2.91. The van der Waals surface area contributed by atoms with Crippen LogP contribution in [0.5, 0.6) is 0 Å². The first-order valence-electron chi connectivity index (χ1n) is 5.54. The van der Waals surface area contributed by atoms with Crippen molar-refractivity contribution >= 4 is 17.3 Å². The maximum absolute atomic E-state index is 13.1. The normalized spacial score (nSPS) is 22.2. The molecule has 0 radical (unpaired) electrons. The van der Waals surface area contributed by atoms with Crippen LogP contribution in [0.1, 0.15) is 6.42 Å². The summed E-state index contributed by atoms with van der Waals surface area (Å²) in [4.78, 5) is 21.7. The molecule has 3 N–H and O–H groups in total. The Kier molecular flexibility index (Phi) is 3.45. The maximum Gasteiger partial charge on any atom is 0.306 e. The topological polar surface area (TPSA) is 107 Å². The van der Waals surface area contributed by atoms with Gasteiger partial charge in [-0.2, -0.15) is 4.39 Å². The van der Waals surface area contributed by atoms with Gasteiger partial charge in [0, 0.05) is 18.4 Å². The quantitative estimate of drug-likeness (QED) is 0.623. The highest BCUT2D eigenvalue weighted by molar-refractivity contribution is 5.98. The number of benzene rings is 1. The largest absolute Gasteiger partial charge is 0.379 e. The van der Waals surface area contributed by atoms with Gasteiger partial charge in [-0.25, -0.2) is 0 Å². The van der Waals surface area contributed by atoms with E-state index in [1.165, 1.54) is 6.07 Å². The molecule has 1 heterocycles. The Morgan fingerprint density at radius 3 is 2.89 bits per heavy atom. The molecular weight excluding hydrogens is 257 g/mol. The number of amides is 1. The molecule has 19 heavy (non-hydrogen) atoms. The fraction of sp³-hybridized carbons (Fsp3) is 0.364. The van der Waals surface area contributed by atoms with E-state index in [9.17, 15) is 19.3 Å². The van der Waals surface area contributed by atoms with Gasteiger partial charge in [0.2, 0.25) is 11.7 Å². The lowest BCUT2D eigenvalue weighted by molar-refractivity contribution is -0.387. The molecule has 0 aromatic heterocycles. The zero-order chi connectivity index (χ0) is 14.0. The van der Waals surface area contributed by atoms with Crippen LogP contribution in [0, 0.1) is 15.9 Å². The summed E-state index contributed by atoms with van der Waals surface area (Å²) in [6, 6.07) is 3.11. The molecule has 1 atom stereocenters. The summed E-state index contributed by atoms with van der Waals surface area (Å²) in [6.45, 7) is 0.468. The van der Waals surface area contributed by atoms with E-state index >= 15 is 0 Å². The standard InChI is InChI=1S/C11H12FN3O4/c12-8-2-1-7(5-9(8)15(17)18)14-10(16)11(13)3-4-19-6-11/h1-2,5H,3-4,6,13H2,(H,14,16). The number of anilines is 1. The molecule has 1 fully saturated rings. The summed E-state index contributed by atoms with van der Waals surface area (Å²) in [7, 11) is 0. The van der Waals surface area contributed by atoms with Crippen molar-refractivity contribution in [1.29, 1.82) is 0 Å². The zero-order valence-corrected chi connectivity index (χ0v) is 9.89. The lowest BCUT2D eigenvalue weighted by Gasteiger charge is -2.20. The summed E-state index contributed by atoms with van der Waals surface area (Å²) in [5, 5.41) is 13.0. The molecule has 0 aliphatic carbocycles. The van der Waals surface area contributed by atoms with Crippen LogP contribution in [0.4, 0.5) is 15.8 Å². The van der Waals surface area contributed by atoms with E-state index in [0.29, 0.717) is 13.0 Å². The second kappa shape index (κ2) is 4.90. The SMILES string of the molecule is NC1(C(=O)Nc2ccc(F)c([N+](=O)[O-])c2)CCOC1. The Labute approximate surface area is 107 Å². The third kappa shape index (κ3) is 2.69. The molecule has 1 amide bonds. The Hall–Kier alpha value is -2.06. The van der Waals surface area contributed by atoms with Gasteiger partial charge in [-0.1, -0.05) is 0 Å². The number of nitrogens with zero attached hydrogens (tertiary/aromatic N) is 1. The molecule has 1 aliphatic rings. The van der Waals surface area contributed by atoms with Crippen LogP contribution < -0.4 is 11.1 Å². The molecule has 1 saturated heterocycles. The van der Waals surface area contributed by atoms with Crippen molar-refractivity contribution in [2.45, 2.75) is 12.0 Å². The number of carbonyl (C=O) groups is 1. The van der Waals surface area contributed by atoms with E-state index in [4.69, 9.17) is 10.5 Å².